The molecule has 0 radical (unpaired) electrons. The lowest BCUT2D eigenvalue weighted by molar-refractivity contribution is 0.288. The Kier molecular flexibility index (Phi) is 4.88. The Morgan fingerprint density at radius 2 is 2.25 bits per heavy atom. The van der Waals surface area contributed by atoms with Crippen molar-refractivity contribution in [2.24, 2.45) is 0 Å². The van der Waals surface area contributed by atoms with Crippen molar-refractivity contribution in [3.05, 3.63) is 11.9 Å². The zero-order valence-corrected chi connectivity index (χ0v) is 10.2. The summed E-state index contributed by atoms with van der Waals surface area (Å²) in [6, 6.07) is 0. The van der Waals surface area contributed by atoms with Crippen LogP contribution in [-0.2, 0) is 22.8 Å². The van der Waals surface area contributed by atoms with Gasteiger partial charge in [-0.15, -0.1) is 5.10 Å². The van der Waals surface area contributed by atoms with E-state index in [-0.39, 0.29) is 18.1 Å². The number of rotatable bonds is 7. The number of aliphatic hydroxyl groups is 1. The molecule has 0 aliphatic carbocycles. The van der Waals surface area contributed by atoms with Crippen LogP contribution >= 0.6 is 0 Å². The van der Waals surface area contributed by atoms with Crippen LogP contribution in [0.5, 0.6) is 0 Å². The third-order valence-corrected chi connectivity index (χ3v) is 3.93. The Balaban J connectivity index is 2.46. The number of aromatic nitrogens is 3. The molecule has 0 aliphatic rings. The van der Waals surface area contributed by atoms with Gasteiger partial charge in [0, 0.05) is 18.6 Å². The Morgan fingerprint density at radius 3 is 2.88 bits per heavy atom. The molecule has 1 aromatic heterocycles. The monoisotopic (exact) mass is 247 g/mol. The molecule has 1 heterocycles. The third kappa shape index (κ3) is 4.28. The van der Waals surface area contributed by atoms with Crippen LogP contribution < -0.4 is 0 Å². The molecule has 7 heteroatoms. The lowest BCUT2D eigenvalue weighted by atomic mass is 10.3. The predicted octanol–water partition coefficient (Wildman–Crippen LogP) is -0.362. The Morgan fingerprint density at radius 1 is 1.50 bits per heavy atom. The minimum Gasteiger partial charge on any atom is -0.396 e. The summed E-state index contributed by atoms with van der Waals surface area (Å²) < 4.78 is 24.0. The summed E-state index contributed by atoms with van der Waals surface area (Å²) in [5, 5.41) is 16.4. The molecular weight excluding hydrogens is 230 g/mol. The van der Waals surface area contributed by atoms with Gasteiger partial charge in [0.2, 0.25) is 0 Å². The molecule has 0 atom stereocenters. The van der Waals surface area contributed by atoms with Crippen molar-refractivity contribution in [1.29, 1.82) is 0 Å². The predicted molar refractivity (Wildman–Crippen MR) is 59.8 cm³/mol. The summed E-state index contributed by atoms with van der Waals surface area (Å²) in [4.78, 5) is 0. The largest absolute Gasteiger partial charge is 0.396 e. The summed E-state index contributed by atoms with van der Waals surface area (Å²) >= 11 is 0. The smallest absolute Gasteiger partial charge is 0.151 e. The second kappa shape index (κ2) is 5.95. The second-order valence-corrected chi connectivity index (χ2v) is 6.01. The number of hydrogen-bond acceptors (Lipinski definition) is 5. The highest BCUT2D eigenvalue weighted by Crippen LogP contribution is 1.99. The quantitative estimate of drug-likeness (QED) is 0.711. The second-order valence-electron chi connectivity index (χ2n) is 3.54. The first-order valence-corrected chi connectivity index (χ1v) is 7.10. The zero-order chi connectivity index (χ0) is 12.0. The highest BCUT2D eigenvalue weighted by atomic mass is 32.2. The van der Waals surface area contributed by atoms with E-state index in [1.54, 1.807) is 13.1 Å². The minimum atomic E-state index is -2.95. The molecule has 0 saturated heterocycles. The molecule has 0 spiro atoms. The average Bonchev–Trinajstić information content (AvgIpc) is 2.72. The number of aliphatic hydroxyl groups excluding tert-OH is 1. The van der Waals surface area contributed by atoms with Crippen LogP contribution in [0.2, 0.25) is 0 Å². The van der Waals surface area contributed by atoms with Crippen molar-refractivity contribution in [2.45, 2.75) is 26.3 Å². The van der Waals surface area contributed by atoms with Gasteiger partial charge in [0.25, 0.3) is 0 Å². The molecular formula is C9H17N3O3S. The maximum Gasteiger partial charge on any atom is 0.151 e. The summed E-state index contributed by atoms with van der Waals surface area (Å²) in [6.45, 7) is 2.09. The first-order chi connectivity index (χ1) is 7.57. The SMILES string of the molecule is CCS(=O)(=O)CCn1cc(CCCO)nn1. The normalized spacial score (nSPS) is 11.9. The highest BCUT2D eigenvalue weighted by molar-refractivity contribution is 7.91. The van der Waals surface area contributed by atoms with Crippen LogP contribution in [-0.4, -0.2) is 46.6 Å². The first kappa shape index (κ1) is 13.1. The van der Waals surface area contributed by atoms with Crippen LogP contribution in [0.4, 0.5) is 0 Å². The van der Waals surface area contributed by atoms with E-state index in [4.69, 9.17) is 5.11 Å². The van der Waals surface area contributed by atoms with Gasteiger partial charge in [0.1, 0.15) is 0 Å². The standard InChI is InChI=1S/C9H17N3O3S/c1-2-16(14,15)7-5-12-8-9(10-11-12)4-3-6-13/h8,13H,2-7H2,1H3. The van der Waals surface area contributed by atoms with Gasteiger partial charge in [-0.25, -0.2) is 8.42 Å². The fourth-order valence-corrected chi connectivity index (χ4v) is 1.95. The molecule has 0 amide bonds. The average molecular weight is 247 g/mol. The maximum atomic E-state index is 11.3. The van der Waals surface area contributed by atoms with E-state index in [0.29, 0.717) is 19.4 Å². The topological polar surface area (TPSA) is 85.1 Å². The lowest BCUT2D eigenvalue weighted by Gasteiger charge is -2.00. The van der Waals surface area contributed by atoms with E-state index < -0.39 is 9.84 Å². The van der Waals surface area contributed by atoms with E-state index >= 15 is 0 Å². The van der Waals surface area contributed by atoms with Crippen molar-refractivity contribution in [3.63, 3.8) is 0 Å². The van der Waals surface area contributed by atoms with Crippen LogP contribution in [0.3, 0.4) is 0 Å². The molecule has 0 saturated carbocycles. The molecule has 0 bridgehead atoms. The summed E-state index contributed by atoms with van der Waals surface area (Å²) in [7, 11) is -2.95. The van der Waals surface area contributed by atoms with Gasteiger partial charge < -0.3 is 5.11 Å². The van der Waals surface area contributed by atoms with Gasteiger partial charge in [-0.2, -0.15) is 0 Å². The van der Waals surface area contributed by atoms with E-state index in [2.05, 4.69) is 10.3 Å². The molecule has 1 aromatic rings. The van der Waals surface area contributed by atoms with Crippen molar-refractivity contribution < 1.29 is 13.5 Å². The Labute approximate surface area is 95.2 Å². The molecule has 1 rings (SSSR count). The first-order valence-electron chi connectivity index (χ1n) is 5.27. The zero-order valence-electron chi connectivity index (χ0n) is 9.33. The molecule has 0 fully saturated rings. The molecule has 1 N–H and O–H groups in total. The van der Waals surface area contributed by atoms with Crippen molar-refractivity contribution >= 4 is 9.84 Å². The minimum absolute atomic E-state index is 0.0896. The lowest BCUT2D eigenvalue weighted by Crippen LogP contribution is -2.14. The van der Waals surface area contributed by atoms with Crippen LogP contribution in [0.25, 0.3) is 0 Å². The van der Waals surface area contributed by atoms with Gasteiger partial charge >= 0.3 is 0 Å². The number of hydrogen-bond donors (Lipinski definition) is 1. The molecule has 16 heavy (non-hydrogen) atoms. The van der Waals surface area contributed by atoms with E-state index in [9.17, 15) is 8.42 Å². The fraction of sp³-hybridized carbons (Fsp3) is 0.778. The van der Waals surface area contributed by atoms with Crippen molar-refractivity contribution in [1.82, 2.24) is 15.0 Å². The van der Waals surface area contributed by atoms with Crippen LogP contribution in [0, 0.1) is 0 Å². The highest BCUT2D eigenvalue weighted by Gasteiger charge is 2.08. The van der Waals surface area contributed by atoms with Crippen molar-refractivity contribution in [3.8, 4) is 0 Å². The summed E-state index contributed by atoms with van der Waals surface area (Å²) in [5.74, 6) is 0.241. The van der Waals surface area contributed by atoms with E-state index in [0.717, 1.165) is 5.69 Å². The molecule has 92 valence electrons. The van der Waals surface area contributed by atoms with Gasteiger partial charge in [-0.05, 0) is 12.8 Å². The Bertz CT molecular complexity index is 413. The van der Waals surface area contributed by atoms with Gasteiger partial charge in [0.15, 0.2) is 9.84 Å². The molecule has 0 unspecified atom stereocenters. The van der Waals surface area contributed by atoms with Crippen molar-refractivity contribution in [2.75, 3.05) is 18.1 Å². The fourth-order valence-electron chi connectivity index (χ4n) is 1.20. The number of aryl methyl sites for hydroxylation is 2. The summed E-state index contributed by atoms with van der Waals surface area (Å²) in [5.41, 5.74) is 0.781. The Hall–Kier alpha value is -0.950. The van der Waals surface area contributed by atoms with Crippen LogP contribution in [0.1, 0.15) is 19.0 Å². The number of sulfone groups is 1. The van der Waals surface area contributed by atoms with E-state index in [1.165, 1.54) is 4.68 Å². The molecule has 6 nitrogen and oxygen atoms in total. The molecule has 0 aliphatic heterocycles. The molecule has 0 aromatic carbocycles. The van der Waals surface area contributed by atoms with Crippen LogP contribution in [0.15, 0.2) is 6.20 Å². The maximum absolute atomic E-state index is 11.3. The van der Waals surface area contributed by atoms with Gasteiger partial charge in [0.05, 0.1) is 18.0 Å². The van der Waals surface area contributed by atoms with Gasteiger partial charge in [-0.1, -0.05) is 12.1 Å². The number of nitrogens with zero attached hydrogens (tertiary/aromatic N) is 3. The summed E-state index contributed by atoms with van der Waals surface area (Å²) in [6.07, 6.45) is 3.03. The third-order valence-electron chi connectivity index (χ3n) is 2.25. The van der Waals surface area contributed by atoms with E-state index in [1.807, 2.05) is 0 Å². The van der Waals surface area contributed by atoms with Gasteiger partial charge in [-0.3, -0.25) is 4.68 Å².